The van der Waals surface area contributed by atoms with Gasteiger partial charge in [-0.3, -0.25) is 13.9 Å². The van der Waals surface area contributed by atoms with Crippen LogP contribution in [0.25, 0.3) is 27.8 Å². The molecule has 6 rings (SSSR count). The maximum atomic E-state index is 13.7. The predicted octanol–water partition coefficient (Wildman–Crippen LogP) is 3.92. The zero-order chi connectivity index (χ0) is 25.1. The smallest absolute Gasteiger partial charge is 0.331 e. The number of phenolic OH excluding ortho intramolecular Hbond substituents is 1. The fourth-order valence-electron chi connectivity index (χ4n) is 5.22. The van der Waals surface area contributed by atoms with Gasteiger partial charge in [0, 0.05) is 14.1 Å². The quantitative estimate of drug-likeness (QED) is 0.409. The molecule has 36 heavy (non-hydrogen) atoms. The Hall–Kier alpha value is -4.72. The van der Waals surface area contributed by atoms with Gasteiger partial charge in [0.15, 0.2) is 11.5 Å². The van der Waals surface area contributed by atoms with Crippen LogP contribution in [0.3, 0.4) is 0 Å². The van der Waals surface area contributed by atoms with Gasteiger partial charge < -0.3 is 19.7 Å². The van der Waals surface area contributed by atoms with Crippen LogP contribution in [0.4, 0.5) is 5.69 Å². The summed E-state index contributed by atoms with van der Waals surface area (Å²) in [5.74, 6) is 0.368. The molecule has 1 aliphatic rings. The molecule has 2 N–H and O–H groups in total. The van der Waals surface area contributed by atoms with Crippen LogP contribution in [0.15, 0.2) is 82.4 Å². The molecule has 1 atom stereocenters. The molecule has 1 aliphatic heterocycles. The lowest BCUT2D eigenvalue weighted by molar-refractivity contribution is 0.373. The summed E-state index contributed by atoms with van der Waals surface area (Å²) in [6.45, 7) is 0. The van der Waals surface area contributed by atoms with E-state index in [0.29, 0.717) is 22.3 Å². The zero-order valence-corrected chi connectivity index (χ0v) is 20.0. The van der Waals surface area contributed by atoms with Gasteiger partial charge in [0.2, 0.25) is 0 Å². The molecule has 0 radical (unpaired) electrons. The number of benzene rings is 3. The summed E-state index contributed by atoms with van der Waals surface area (Å²) >= 11 is 0. The molecule has 5 aromatic rings. The molecule has 2 aromatic heterocycles. The number of aromatic nitrogens is 3. The lowest BCUT2D eigenvalue weighted by Gasteiger charge is -2.31. The Kier molecular flexibility index (Phi) is 4.79. The first-order valence-electron chi connectivity index (χ1n) is 11.5. The van der Waals surface area contributed by atoms with E-state index in [1.54, 1.807) is 19.2 Å². The van der Waals surface area contributed by atoms with E-state index in [0.717, 1.165) is 32.8 Å². The molecule has 8 heteroatoms. The van der Waals surface area contributed by atoms with Gasteiger partial charge in [0.1, 0.15) is 0 Å². The van der Waals surface area contributed by atoms with Crippen LogP contribution in [0.5, 0.6) is 11.5 Å². The molecule has 8 nitrogen and oxygen atoms in total. The molecule has 0 saturated heterocycles. The number of hydrogen-bond acceptors (Lipinski definition) is 5. The van der Waals surface area contributed by atoms with Crippen molar-refractivity contribution in [2.75, 3.05) is 12.4 Å². The summed E-state index contributed by atoms with van der Waals surface area (Å²) in [7, 11) is 4.68. The second kappa shape index (κ2) is 7.91. The Bertz CT molecular complexity index is 1780. The van der Waals surface area contributed by atoms with Crippen molar-refractivity contribution in [1.82, 2.24) is 13.7 Å². The Labute approximate surface area is 206 Å². The van der Waals surface area contributed by atoms with E-state index in [1.807, 2.05) is 60.7 Å². The minimum atomic E-state index is -0.464. The third kappa shape index (κ3) is 2.94. The summed E-state index contributed by atoms with van der Waals surface area (Å²) < 4.78 is 9.99. The number of methoxy groups -OCH3 is 1. The molecule has 0 fully saturated rings. The molecule has 0 aliphatic carbocycles. The van der Waals surface area contributed by atoms with Crippen molar-refractivity contribution in [2.24, 2.45) is 14.1 Å². The van der Waals surface area contributed by atoms with Gasteiger partial charge in [0.05, 0.1) is 46.8 Å². The Balaban J connectivity index is 1.83. The Morgan fingerprint density at radius 3 is 2.36 bits per heavy atom. The number of para-hydroxylation sites is 2. The van der Waals surface area contributed by atoms with E-state index >= 15 is 0 Å². The topological polar surface area (TPSA) is 90.4 Å². The number of hydrogen-bond donors (Lipinski definition) is 2. The van der Waals surface area contributed by atoms with Crippen LogP contribution < -0.4 is 21.3 Å². The van der Waals surface area contributed by atoms with Crippen LogP contribution in [-0.4, -0.2) is 25.9 Å². The van der Waals surface area contributed by atoms with Gasteiger partial charge in [-0.2, -0.15) is 0 Å². The highest BCUT2D eigenvalue weighted by Gasteiger charge is 2.34. The van der Waals surface area contributed by atoms with Crippen LogP contribution in [0.1, 0.15) is 17.3 Å². The molecule has 180 valence electrons. The van der Waals surface area contributed by atoms with Crippen LogP contribution >= 0.6 is 0 Å². The maximum Gasteiger partial charge on any atom is 0.331 e. The SMILES string of the molecule is COc1ccc([C@@H]2Nc3ccccc3-n3c(-c4ccccc4)c4c(=O)n(C)c(=O)n(C)c4c32)cc1O. The summed E-state index contributed by atoms with van der Waals surface area (Å²) in [4.78, 5) is 26.8. The molecule has 0 saturated carbocycles. The fourth-order valence-corrected chi connectivity index (χ4v) is 5.22. The number of rotatable bonds is 3. The van der Waals surface area contributed by atoms with Crippen molar-refractivity contribution in [3.05, 3.63) is 105 Å². The van der Waals surface area contributed by atoms with E-state index < -0.39 is 11.7 Å². The highest BCUT2D eigenvalue weighted by atomic mass is 16.5. The van der Waals surface area contributed by atoms with E-state index in [1.165, 1.54) is 18.7 Å². The zero-order valence-electron chi connectivity index (χ0n) is 20.0. The molecular weight excluding hydrogens is 456 g/mol. The number of fused-ring (bicyclic) bond motifs is 5. The average Bonchev–Trinajstić information content (AvgIpc) is 3.27. The van der Waals surface area contributed by atoms with Crippen molar-refractivity contribution < 1.29 is 9.84 Å². The van der Waals surface area contributed by atoms with Crippen molar-refractivity contribution in [3.63, 3.8) is 0 Å². The number of nitrogens with zero attached hydrogens (tertiary/aromatic N) is 3. The minimum Gasteiger partial charge on any atom is -0.504 e. The first-order valence-corrected chi connectivity index (χ1v) is 11.5. The normalized spacial score (nSPS) is 14.2. The first kappa shape index (κ1) is 21.8. The number of aryl methyl sites for hydroxylation is 1. The van der Waals surface area contributed by atoms with Gasteiger partial charge in [-0.05, 0) is 35.4 Å². The number of anilines is 1. The van der Waals surface area contributed by atoms with Crippen LogP contribution in [0, 0.1) is 0 Å². The van der Waals surface area contributed by atoms with Gasteiger partial charge in [-0.25, -0.2) is 4.79 Å². The van der Waals surface area contributed by atoms with E-state index in [2.05, 4.69) is 9.88 Å². The first-order chi connectivity index (χ1) is 17.4. The second-order valence-electron chi connectivity index (χ2n) is 8.89. The Morgan fingerprint density at radius 1 is 0.917 bits per heavy atom. The number of phenols is 1. The average molecular weight is 481 g/mol. The summed E-state index contributed by atoms with van der Waals surface area (Å²) in [5, 5.41) is 14.6. The summed E-state index contributed by atoms with van der Waals surface area (Å²) in [5.41, 5.74) is 4.59. The molecule has 3 aromatic carbocycles. The largest absolute Gasteiger partial charge is 0.504 e. The van der Waals surface area contributed by atoms with Crippen molar-refractivity contribution in [2.45, 2.75) is 6.04 Å². The predicted molar refractivity (Wildman–Crippen MR) is 139 cm³/mol. The molecule has 0 unspecified atom stereocenters. The van der Waals surface area contributed by atoms with Crippen LogP contribution in [-0.2, 0) is 14.1 Å². The van der Waals surface area contributed by atoms with Gasteiger partial charge >= 0.3 is 5.69 Å². The van der Waals surface area contributed by atoms with Crippen molar-refractivity contribution in [1.29, 1.82) is 0 Å². The number of nitrogens with one attached hydrogen (secondary N) is 1. The third-order valence-electron chi connectivity index (χ3n) is 6.91. The van der Waals surface area contributed by atoms with E-state index in [4.69, 9.17) is 4.74 Å². The lowest BCUT2D eigenvalue weighted by Crippen LogP contribution is -2.37. The number of aromatic hydroxyl groups is 1. The highest BCUT2D eigenvalue weighted by Crippen LogP contribution is 2.46. The molecule has 3 heterocycles. The van der Waals surface area contributed by atoms with Crippen molar-refractivity contribution >= 4 is 16.6 Å². The summed E-state index contributed by atoms with van der Waals surface area (Å²) in [6, 6.07) is 22.3. The number of ether oxygens (including phenoxy) is 1. The lowest BCUT2D eigenvalue weighted by atomic mass is 9.99. The van der Waals surface area contributed by atoms with Crippen LogP contribution in [0.2, 0.25) is 0 Å². The Morgan fingerprint density at radius 2 is 1.64 bits per heavy atom. The van der Waals surface area contributed by atoms with E-state index in [9.17, 15) is 14.7 Å². The van der Waals surface area contributed by atoms with Gasteiger partial charge in [-0.15, -0.1) is 0 Å². The van der Waals surface area contributed by atoms with Crippen molar-refractivity contribution in [3.8, 4) is 28.4 Å². The molecule has 0 bridgehead atoms. The molecule has 0 amide bonds. The monoisotopic (exact) mass is 480 g/mol. The van der Waals surface area contributed by atoms with Gasteiger partial charge in [-0.1, -0.05) is 48.5 Å². The fraction of sp³-hybridized carbons (Fsp3) is 0.143. The van der Waals surface area contributed by atoms with E-state index in [-0.39, 0.29) is 11.3 Å². The molecular formula is C28H24N4O4. The summed E-state index contributed by atoms with van der Waals surface area (Å²) in [6.07, 6.45) is 0. The highest BCUT2D eigenvalue weighted by molar-refractivity contribution is 5.99. The minimum absolute atomic E-state index is 0.00570. The van der Waals surface area contributed by atoms with Gasteiger partial charge in [0.25, 0.3) is 5.56 Å². The standard InChI is InChI=1S/C28H24N4O4/c1-30-25-22(27(34)31(2)28(30)35)24(16-9-5-4-6-10-16)32-19-12-8-7-11-18(19)29-23(26(25)32)17-13-14-21(36-3)20(33)15-17/h4-15,23,29,33H,1-3H3/t23-/m0/s1. The molecule has 0 spiro atoms. The maximum absolute atomic E-state index is 13.7. The third-order valence-corrected chi connectivity index (χ3v) is 6.91. The second-order valence-corrected chi connectivity index (χ2v) is 8.89.